The van der Waals surface area contributed by atoms with Crippen molar-refractivity contribution in [1.82, 2.24) is 9.97 Å². The van der Waals surface area contributed by atoms with E-state index < -0.39 is 0 Å². The van der Waals surface area contributed by atoms with Gasteiger partial charge in [0.05, 0.1) is 6.10 Å². The lowest BCUT2D eigenvalue weighted by Gasteiger charge is -2.11. The van der Waals surface area contributed by atoms with Crippen molar-refractivity contribution in [1.29, 1.82) is 0 Å². The summed E-state index contributed by atoms with van der Waals surface area (Å²) in [6.07, 6.45) is 18.0. The average Bonchev–Trinajstić information content (AvgIpc) is 2.72. The van der Waals surface area contributed by atoms with Crippen LogP contribution in [0.5, 0.6) is 0 Å². The lowest BCUT2D eigenvalue weighted by Crippen LogP contribution is -2.08. The Morgan fingerprint density at radius 1 is 1.04 bits per heavy atom. The van der Waals surface area contributed by atoms with Crippen LogP contribution in [-0.4, -0.2) is 22.7 Å². The lowest BCUT2D eigenvalue weighted by molar-refractivity contribution is 0.0566. The molecule has 1 aromatic heterocycles. The van der Waals surface area contributed by atoms with Gasteiger partial charge in [-0.2, -0.15) is 0 Å². The number of nitrogens with zero attached hydrogens (tertiary/aromatic N) is 2. The van der Waals surface area contributed by atoms with Gasteiger partial charge in [-0.25, -0.2) is 9.97 Å². The highest BCUT2D eigenvalue weighted by Crippen LogP contribution is 2.18. The molecule has 1 aromatic carbocycles. The molecule has 2 rings (SSSR count). The fraction of sp³-hybridized carbons (Fsp3) is 0.440. The average molecular weight is 379 g/mol. The van der Waals surface area contributed by atoms with Gasteiger partial charge >= 0.3 is 0 Å². The van der Waals surface area contributed by atoms with Crippen LogP contribution in [0.3, 0.4) is 0 Å². The maximum absolute atomic E-state index is 5.83. The molecule has 0 fully saturated rings. The zero-order valence-corrected chi connectivity index (χ0v) is 17.4. The largest absolute Gasteiger partial charge is 0.379 e. The Balaban J connectivity index is 1.72. The van der Waals surface area contributed by atoms with Gasteiger partial charge in [-0.05, 0) is 56.2 Å². The Morgan fingerprint density at radius 3 is 2.46 bits per heavy atom. The van der Waals surface area contributed by atoms with Crippen LogP contribution in [0, 0.1) is 0 Å². The third-order valence-electron chi connectivity index (χ3n) is 4.74. The summed E-state index contributed by atoms with van der Waals surface area (Å²) in [5.41, 5.74) is 3.44. The molecule has 28 heavy (non-hydrogen) atoms. The van der Waals surface area contributed by atoms with E-state index in [0.717, 1.165) is 49.2 Å². The van der Waals surface area contributed by atoms with Crippen LogP contribution in [0.15, 0.2) is 55.4 Å². The molecule has 0 saturated carbocycles. The SMILES string of the molecule is C=CCc1ccc(-c2cnc(/C=C/CCCC(C)OCCCCC)nc2)cc1. The minimum Gasteiger partial charge on any atom is -0.379 e. The molecular weight excluding hydrogens is 344 g/mol. The molecule has 1 atom stereocenters. The third-order valence-corrected chi connectivity index (χ3v) is 4.74. The number of allylic oxidation sites excluding steroid dienone is 2. The van der Waals surface area contributed by atoms with Crippen molar-refractivity contribution in [3.05, 3.63) is 66.8 Å². The van der Waals surface area contributed by atoms with E-state index in [0.29, 0.717) is 6.10 Å². The van der Waals surface area contributed by atoms with Crippen molar-refractivity contribution >= 4 is 6.08 Å². The number of hydrogen-bond acceptors (Lipinski definition) is 3. The van der Waals surface area contributed by atoms with E-state index in [2.05, 4.69) is 60.7 Å². The summed E-state index contributed by atoms with van der Waals surface area (Å²) in [5, 5.41) is 0. The van der Waals surface area contributed by atoms with Gasteiger partial charge in [0.1, 0.15) is 0 Å². The van der Waals surface area contributed by atoms with Gasteiger partial charge in [-0.3, -0.25) is 0 Å². The number of hydrogen-bond donors (Lipinski definition) is 0. The Morgan fingerprint density at radius 2 is 1.79 bits per heavy atom. The van der Waals surface area contributed by atoms with Crippen LogP contribution in [0.4, 0.5) is 0 Å². The number of benzene rings is 1. The maximum Gasteiger partial charge on any atom is 0.151 e. The summed E-state index contributed by atoms with van der Waals surface area (Å²) >= 11 is 0. The Labute approximate surface area is 170 Å². The van der Waals surface area contributed by atoms with Gasteiger partial charge in [0, 0.05) is 24.6 Å². The van der Waals surface area contributed by atoms with Gasteiger partial charge < -0.3 is 4.74 Å². The van der Waals surface area contributed by atoms with Gasteiger partial charge in [0.2, 0.25) is 0 Å². The highest BCUT2D eigenvalue weighted by atomic mass is 16.5. The summed E-state index contributed by atoms with van der Waals surface area (Å²) in [6.45, 7) is 9.05. The van der Waals surface area contributed by atoms with Crippen molar-refractivity contribution in [2.45, 2.75) is 64.9 Å². The quantitative estimate of drug-likeness (QED) is 0.289. The van der Waals surface area contributed by atoms with E-state index in [4.69, 9.17) is 4.74 Å². The first kappa shape index (κ1) is 22.0. The van der Waals surface area contributed by atoms with E-state index in [1.54, 1.807) is 0 Å². The van der Waals surface area contributed by atoms with E-state index in [9.17, 15) is 0 Å². The first-order valence-corrected chi connectivity index (χ1v) is 10.5. The van der Waals surface area contributed by atoms with E-state index in [1.807, 2.05) is 24.5 Å². The molecule has 0 amide bonds. The Kier molecular flexibility index (Phi) is 10.2. The molecule has 0 aliphatic carbocycles. The van der Waals surface area contributed by atoms with Crippen LogP contribution in [0.1, 0.15) is 63.8 Å². The standard InChI is InChI=1S/C25H34N2O/c1-4-6-10-18-28-21(3)12-8-7-9-13-25-26-19-24(20-27-25)23-16-14-22(11-5-2)15-17-23/h5,9,13-17,19-21H,2,4,6-8,10-12,18H2,1,3H3/b13-9+. The number of rotatable bonds is 13. The second kappa shape index (κ2) is 13.0. The molecule has 0 N–H and O–H groups in total. The lowest BCUT2D eigenvalue weighted by atomic mass is 10.1. The van der Waals surface area contributed by atoms with Crippen molar-refractivity contribution < 1.29 is 4.74 Å². The maximum atomic E-state index is 5.83. The zero-order chi connectivity index (χ0) is 20.0. The van der Waals surface area contributed by atoms with Gasteiger partial charge in [-0.1, -0.05) is 56.2 Å². The molecule has 0 bridgehead atoms. The second-order valence-corrected chi connectivity index (χ2v) is 7.24. The molecule has 3 nitrogen and oxygen atoms in total. The topological polar surface area (TPSA) is 35.0 Å². The van der Waals surface area contributed by atoms with Crippen molar-refractivity contribution in [3.8, 4) is 11.1 Å². The summed E-state index contributed by atoms with van der Waals surface area (Å²) < 4.78 is 5.83. The molecule has 0 saturated heterocycles. The smallest absolute Gasteiger partial charge is 0.151 e. The molecule has 0 spiro atoms. The third kappa shape index (κ3) is 8.18. The Bertz CT molecular complexity index is 704. The summed E-state index contributed by atoms with van der Waals surface area (Å²) in [6, 6.07) is 8.47. The first-order valence-electron chi connectivity index (χ1n) is 10.5. The van der Waals surface area contributed by atoms with E-state index in [-0.39, 0.29) is 0 Å². The molecule has 0 aliphatic rings. The number of ether oxygens (including phenoxy) is 1. The number of unbranched alkanes of at least 4 members (excludes halogenated alkanes) is 3. The minimum absolute atomic E-state index is 0.346. The molecule has 0 radical (unpaired) electrons. The van der Waals surface area contributed by atoms with Crippen LogP contribution >= 0.6 is 0 Å². The highest BCUT2D eigenvalue weighted by molar-refractivity contribution is 5.62. The van der Waals surface area contributed by atoms with Gasteiger partial charge in [0.15, 0.2) is 5.82 Å². The molecule has 1 heterocycles. The van der Waals surface area contributed by atoms with Crippen LogP contribution < -0.4 is 0 Å². The van der Waals surface area contributed by atoms with Gasteiger partial charge in [-0.15, -0.1) is 6.58 Å². The number of aromatic nitrogens is 2. The molecule has 2 aromatic rings. The highest BCUT2D eigenvalue weighted by Gasteiger charge is 2.02. The predicted molar refractivity (Wildman–Crippen MR) is 119 cm³/mol. The van der Waals surface area contributed by atoms with Crippen molar-refractivity contribution in [2.75, 3.05) is 6.61 Å². The van der Waals surface area contributed by atoms with Crippen LogP contribution in [0.25, 0.3) is 17.2 Å². The fourth-order valence-corrected chi connectivity index (χ4v) is 3.00. The van der Waals surface area contributed by atoms with Crippen molar-refractivity contribution in [2.24, 2.45) is 0 Å². The second-order valence-electron chi connectivity index (χ2n) is 7.24. The van der Waals surface area contributed by atoms with E-state index >= 15 is 0 Å². The summed E-state index contributed by atoms with van der Waals surface area (Å²) in [7, 11) is 0. The van der Waals surface area contributed by atoms with Crippen molar-refractivity contribution in [3.63, 3.8) is 0 Å². The molecule has 1 unspecified atom stereocenters. The van der Waals surface area contributed by atoms with Crippen LogP contribution in [-0.2, 0) is 11.2 Å². The molecule has 150 valence electrons. The minimum atomic E-state index is 0.346. The Hall–Kier alpha value is -2.26. The normalized spacial score (nSPS) is 12.4. The van der Waals surface area contributed by atoms with E-state index in [1.165, 1.54) is 24.8 Å². The fourth-order valence-electron chi connectivity index (χ4n) is 3.00. The van der Waals surface area contributed by atoms with Gasteiger partial charge in [0.25, 0.3) is 0 Å². The molecule has 0 aliphatic heterocycles. The summed E-state index contributed by atoms with van der Waals surface area (Å²) in [4.78, 5) is 8.93. The molecule has 3 heteroatoms. The zero-order valence-electron chi connectivity index (χ0n) is 17.4. The first-order chi connectivity index (χ1) is 13.7. The summed E-state index contributed by atoms with van der Waals surface area (Å²) in [5.74, 6) is 0.760. The molecular formula is C25H34N2O. The predicted octanol–water partition coefficient (Wildman–Crippen LogP) is 6.65. The monoisotopic (exact) mass is 378 g/mol. The van der Waals surface area contributed by atoms with Crippen LogP contribution in [0.2, 0.25) is 0 Å².